The summed E-state index contributed by atoms with van der Waals surface area (Å²) < 4.78 is 17.7. The summed E-state index contributed by atoms with van der Waals surface area (Å²) in [6, 6.07) is 26.2. The van der Waals surface area contributed by atoms with Gasteiger partial charge in [0, 0.05) is 32.5 Å². The van der Waals surface area contributed by atoms with E-state index in [1.807, 2.05) is 54.6 Å². The number of nitrogens with zero attached hydrogens (tertiary/aromatic N) is 2. The highest BCUT2D eigenvalue weighted by Gasteiger charge is 2.27. The van der Waals surface area contributed by atoms with Crippen molar-refractivity contribution >= 4 is 46.1 Å². The zero-order chi connectivity index (χ0) is 34.3. The Morgan fingerprint density at radius 3 is 2.41 bits per heavy atom. The largest absolute Gasteiger partial charge is 0.454 e. The van der Waals surface area contributed by atoms with Gasteiger partial charge in [-0.3, -0.25) is 14.2 Å². The van der Waals surface area contributed by atoms with Crippen LogP contribution in [0.15, 0.2) is 100 Å². The molecular weight excluding hydrogens is 669 g/mol. The second-order valence-electron chi connectivity index (χ2n) is 11.8. The Bertz CT molecular complexity index is 2000. The number of aromatic nitrogens is 1. The number of aliphatic hydroxyl groups is 1. The van der Waals surface area contributed by atoms with Crippen LogP contribution in [-0.4, -0.2) is 52.4 Å². The lowest BCUT2D eigenvalue weighted by atomic mass is 10.00. The first-order valence-corrected chi connectivity index (χ1v) is 16.7. The number of hydrogen-bond acceptors (Lipinski definition) is 7. The molecule has 5 aromatic rings. The van der Waals surface area contributed by atoms with Crippen molar-refractivity contribution in [1.29, 1.82) is 0 Å². The molecule has 0 fully saturated rings. The number of carbonyl (C=O) groups excluding carboxylic acids is 2. The maximum absolute atomic E-state index is 13.7. The first-order valence-electron chi connectivity index (χ1n) is 16.0. The van der Waals surface area contributed by atoms with Crippen LogP contribution in [0.3, 0.4) is 0 Å². The third-order valence-corrected chi connectivity index (χ3v) is 9.21. The van der Waals surface area contributed by atoms with E-state index in [-0.39, 0.29) is 44.5 Å². The molecule has 1 aliphatic rings. The van der Waals surface area contributed by atoms with Crippen LogP contribution in [0.4, 0.5) is 0 Å². The van der Waals surface area contributed by atoms with E-state index < -0.39 is 17.9 Å². The molecule has 2 N–H and O–H groups in total. The second kappa shape index (κ2) is 15.6. The average molecular weight is 705 g/mol. The molecule has 6 rings (SSSR count). The normalized spacial score (nSPS) is 13.3. The van der Waals surface area contributed by atoms with E-state index in [4.69, 9.17) is 37.1 Å². The monoisotopic (exact) mass is 703 g/mol. The number of oxazole rings is 1. The molecule has 0 aliphatic carbocycles. The fourth-order valence-electron chi connectivity index (χ4n) is 5.86. The van der Waals surface area contributed by atoms with E-state index in [1.54, 1.807) is 41.3 Å². The third kappa shape index (κ3) is 8.45. The van der Waals surface area contributed by atoms with Gasteiger partial charge in [-0.05, 0) is 65.9 Å². The van der Waals surface area contributed by atoms with Crippen molar-refractivity contribution in [3.8, 4) is 11.5 Å². The van der Waals surface area contributed by atoms with Gasteiger partial charge in [0.25, 0.3) is 0 Å². The number of benzene rings is 4. The van der Waals surface area contributed by atoms with Crippen molar-refractivity contribution in [2.24, 2.45) is 0 Å². The zero-order valence-corrected chi connectivity index (χ0v) is 28.0. The second-order valence-corrected chi connectivity index (χ2v) is 12.6. The van der Waals surface area contributed by atoms with Crippen LogP contribution in [0.1, 0.15) is 35.6 Å². The summed E-state index contributed by atoms with van der Waals surface area (Å²) >= 11 is 12.3. The number of amides is 2. The minimum atomic E-state index is -1.16. The number of fused-ring (bicyclic) bond motifs is 2. The molecule has 2 atom stereocenters. The van der Waals surface area contributed by atoms with E-state index in [0.717, 1.165) is 11.1 Å². The molecule has 0 spiro atoms. The molecule has 0 radical (unpaired) electrons. The highest BCUT2D eigenvalue weighted by molar-refractivity contribution is 6.42. The molecule has 4 aromatic carbocycles. The Hall–Kier alpha value is -4.77. The number of hydrogen-bond donors (Lipinski definition) is 2. The molecule has 12 heteroatoms. The molecule has 254 valence electrons. The molecule has 1 unspecified atom stereocenters. The quantitative estimate of drug-likeness (QED) is 0.147. The van der Waals surface area contributed by atoms with Crippen molar-refractivity contribution in [3.05, 3.63) is 128 Å². The van der Waals surface area contributed by atoms with Gasteiger partial charge in [-0.15, -0.1) is 0 Å². The number of aliphatic hydroxyl groups excluding tert-OH is 1. The summed E-state index contributed by atoms with van der Waals surface area (Å²) in [7, 11) is 0. The molecular formula is C37H35Cl2N3O7. The third-order valence-electron chi connectivity index (χ3n) is 8.48. The van der Waals surface area contributed by atoms with Crippen LogP contribution >= 0.6 is 23.2 Å². The van der Waals surface area contributed by atoms with E-state index in [2.05, 4.69) is 5.32 Å². The Kier molecular flexibility index (Phi) is 10.9. The molecule has 1 aromatic heterocycles. The fourth-order valence-corrected chi connectivity index (χ4v) is 6.18. The van der Waals surface area contributed by atoms with Gasteiger partial charge in [0.2, 0.25) is 18.6 Å². The summed E-state index contributed by atoms with van der Waals surface area (Å²) in [5.41, 5.74) is 3.51. The van der Waals surface area contributed by atoms with E-state index in [0.29, 0.717) is 57.6 Å². The number of ether oxygens (including phenoxy) is 2. The lowest BCUT2D eigenvalue weighted by Gasteiger charge is -2.31. The summed E-state index contributed by atoms with van der Waals surface area (Å²) in [5.74, 6) is 0.220. The van der Waals surface area contributed by atoms with Crippen LogP contribution in [-0.2, 0) is 29.0 Å². The molecule has 0 bridgehead atoms. The van der Waals surface area contributed by atoms with Gasteiger partial charge in [-0.1, -0.05) is 77.8 Å². The topological polar surface area (TPSA) is 123 Å². The lowest BCUT2D eigenvalue weighted by Crippen LogP contribution is -2.45. The maximum atomic E-state index is 13.7. The van der Waals surface area contributed by atoms with Crippen molar-refractivity contribution in [2.45, 2.75) is 44.4 Å². The van der Waals surface area contributed by atoms with Crippen molar-refractivity contribution < 1.29 is 28.6 Å². The smallest absolute Gasteiger partial charge is 0.419 e. The number of halogens is 2. The Balaban J connectivity index is 1.17. The van der Waals surface area contributed by atoms with E-state index in [1.165, 1.54) is 4.57 Å². The summed E-state index contributed by atoms with van der Waals surface area (Å²) in [5, 5.41) is 15.5. The van der Waals surface area contributed by atoms with Gasteiger partial charge in [-0.25, -0.2) is 4.79 Å². The van der Waals surface area contributed by atoms with Crippen molar-refractivity contribution in [2.75, 3.05) is 19.9 Å². The molecule has 0 saturated heterocycles. The summed E-state index contributed by atoms with van der Waals surface area (Å²) in [6.07, 6.45) is -0.0999. The Labute approximate surface area is 292 Å². The number of rotatable bonds is 14. The summed E-state index contributed by atoms with van der Waals surface area (Å²) in [6.45, 7) is 0.514. The van der Waals surface area contributed by atoms with Crippen LogP contribution in [0.5, 0.6) is 11.5 Å². The first kappa shape index (κ1) is 34.1. The highest BCUT2D eigenvalue weighted by Crippen LogP contribution is 2.33. The lowest BCUT2D eigenvalue weighted by molar-refractivity contribution is -0.133. The van der Waals surface area contributed by atoms with Gasteiger partial charge in [0.15, 0.2) is 17.1 Å². The Morgan fingerprint density at radius 1 is 0.857 bits per heavy atom. The predicted molar refractivity (Wildman–Crippen MR) is 186 cm³/mol. The molecule has 1 aliphatic heterocycles. The van der Waals surface area contributed by atoms with Crippen LogP contribution in [0.25, 0.3) is 11.1 Å². The van der Waals surface area contributed by atoms with Crippen LogP contribution in [0, 0.1) is 0 Å². The SMILES string of the molecule is O=C(CCn1c(=O)oc2ccccc21)N[C@@H](c1ccccc1)C(O)CN(CCc1ccc2c(c1)OCO2)C(=O)CCc1ccc(Cl)c(Cl)c1. The predicted octanol–water partition coefficient (Wildman–Crippen LogP) is 5.94. The number of carbonyl (C=O) groups is 2. The Morgan fingerprint density at radius 2 is 1.59 bits per heavy atom. The van der Waals surface area contributed by atoms with Gasteiger partial charge in [0.05, 0.1) is 27.7 Å². The van der Waals surface area contributed by atoms with E-state index >= 15 is 0 Å². The van der Waals surface area contributed by atoms with Gasteiger partial charge >= 0.3 is 5.76 Å². The molecule has 2 heterocycles. The first-order chi connectivity index (χ1) is 23.7. The van der Waals surface area contributed by atoms with Gasteiger partial charge in [0.1, 0.15) is 0 Å². The number of aryl methyl sites for hydroxylation is 2. The van der Waals surface area contributed by atoms with Gasteiger partial charge in [-0.2, -0.15) is 0 Å². The minimum absolute atomic E-state index is 0.0318. The van der Waals surface area contributed by atoms with Crippen molar-refractivity contribution in [1.82, 2.24) is 14.8 Å². The summed E-state index contributed by atoms with van der Waals surface area (Å²) in [4.78, 5) is 41.1. The molecule has 10 nitrogen and oxygen atoms in total. The highest BCUT2D eigenvalue weighted by atomic mass is 35.5. The number of nitrogens with one attached hydrogen (secondary N) is 1. The van der Waals surface area contributed by atoms with E-state index in [9.17, 15) is 19.5 Å². The fraction of sp³-hybridized carbons (Fsp3) is 0.270. The maximum Gasteiger partial charge on any atom is 0.419 e. The molecule has 49 heavy (non-hydrogen) atoms. The average Bonchev–Trinajstić information content (AvgIpc) is 3.71. The van der Waals surface area contributed by atoms with Crippen molar-refractivity contribution in [3.63, 3.8) is 0 Å². The standard InChI is InChI=1S/C37H35Cl2N3O7/c38-27-13-10-24(20-28(27)39)12-15-35(45)41(18-16-25-11-14-32-33(21-25)48-23-47-32)22-30(43)36(26-6-2-1-3-7-26)40-34(44)17-19-42-29-8-4-5-9-31(29)49-37(42)46/h1-11,13-14,20-21,30,36,43H,12,15-19,22-23H2,(H,40,44)/t30?,36-/m0/s1. The minimum Gasteiger partial charge on any atom is -0.454 e. The van der Waals surface area contributed by atoms with Crippen LogP contribution < -0.4 is 20.5 Å². The van der Waals surface area contributed by atoms with Gasteiger partial charge < -0.3 is 29.2 Å². The molecule has 2 amide bonds. The van der Waals surface area contributed by atoms with Crippen LogP contribution in [0.2, 0.25) is 10.0 Å². The zero-order valence-electron chi connectivity index (χ0n) is 26.5. The number of para-hydroxylation sites is 2. The molecule has 0 saturated carbocycles.